The average molecular weight is 375 g/mol. The molecule has 6 nitrogen and oxygen atoms in total. The van der Waals surface area contributed by atoms with Crippen molar-refractivity contribution in [2.24, 2.45) is 5.92 Å². The number of likely N-dealkylation sites (tertiary alicyclic amines) is 1. The van der Waals surface area contributed by atoms with Crippen LogP contribution in [0.4, 0.5) is 11.4 Å². The number of nitrogens with zero attached hydrogens (tertiary/aromatic N) is 2. The number of anilines is 2. The Kier molecular flexibility index (Phi) is 5.10. The van der Waals surface area contributed by atoms with Crippen LogP contribution in [0.2, 0.25) is 0 Å². The number of amides is 2. The predicted molar refractivity (Wildman–Crippen MR) is 105 cm³/mol. The molecule has 4 rings (SSSR count). The van der Waals surface area contributed by atoms with E-state index < -0.39 is 5.92 Å². The van der Waals surface area contributed by atoms with Crippen molar-refractivity contribution in [3.05, 3.63) is 84.8 Å². The third kappa shape index (κ3) is 3.91. The van der Waals surface area contributed by atoms with Crippen molar-refractivity contribution in [1.82, 2.24) is 10.3 Å². The molecule has 0 radical (unpaired) electrons. The molecule has 2 aromatic carbocycles. The molecule has 142 valence electrons. The Morgan fingerprint density at radius 3 is 2.21 bits per heavy atom. The Labute approximate surface area is 163 Å². The van der Waals surface area contributed by atoms with Gasteiger partial charge in [-0.25, -0.2) is 0 Å². The summed E-state index contributed by atoms with van der Waals surface area (Å²) in [6.45, 7) is 0.763. The number of furan rings is 1. The van der Waals surface area contributed by atoms with E-state index in [-0.39, 0.29) is 18.2 Å². The smallest absolute Gasteiger partial charge is 0.244 e. The van der Waals surface area contributed by atoms with E-state index in [0.29, 0.717) is 18.8 Å². The molecule has 1 fully saturated rings. The first-order valence-corrected chi connectivity index (χ1v) is 9.21. The Hall–Kier alpha value is -3.54. The molecule has 1 saturated heterocycles. The third-order valence-electron chi connectivity index (χ3n) is 4.76. The van der Waals surface area contributed by atoms with Gasteiger partial charge in [0.2, 0.25) is 11.8 Å². The van der Waals surface area contributed by atoms with Gasteiger partial charge >= 0.3 is 0 Å². The molecule has 0 aliphatic carbocycles. The van der Waals surface area contributed by atoms with Crippen LogP contribution in [0.1, 0.15) is 12.2 Å². The van der Waals surface area contributed by atoms with E-state index in [1.54, 1.807) is 22.2 Å². The molecular weight excluding hydrogens is 354 g/mol. The first-order valence-electron chi connectivity index (χ1n) is 9.21. The Bertz CT molecular complexity index is 887. The van der Waals surface area contributed by atoms with E-state index in [1.165, 1.54) is 0 Å². The van der Waals surface area contributed by atoms with Gasteiger partial charge in [-0.3, -0.25) is 20.0 Å². The molecule has 6 heteroatoms. The summed E-state index contributed by atoms with van der Waals surface area (Å²) in [6, 6.07) is 22.9. The molecule has 1 atom stereocenters. The monoisotopic (exact) mass is 375 g/mol. The van der Waals surface area contributed by atoms with Crippen molar-refractivity contribution in [2.45, 2.75) is 13.0 Å². The highest BCUT2D eigenvalue weighted by Gasteiger charge is 2.35. The lowest BCUT2D eigenvalue weighted by Gasteiger charge is -2.26. The zero-order valence-corrected chi connectivity index (χ0v) is 15.3. The van der Waals surface area contributed by atoms with Crippen molar-refractivity contribution in [2.75, 3.05) is 11.6 Å². The van der Waals surface area contributed by atoms with Gasteiger partial charge in [-0.15, -0.1) is 0 Å². The minimum Gasteiger partial charge on any atom is -0.467 e. The summed E-state index contributed by atoms with van der Waals surface area (Å²) >= 11 is 0. The number of rotatable bonds is 6. The Balaban J connectivity index is 1.48. The van der Waals surface area contributed by atoms with E-state index in [9.17, 15) is 9.59 Å². The van der Waals surface area contributed by atoms with Gasteiger partial charge in [0.15, 0.2) is 0 Å². The molecule has 0 saturated carbocycles. The third-order valence-corrected chi connectivity index (χ3v) is 4.76. The molecule has 0 bridgehead atoms. The Morgan fingerprint density at radius 2 is 1.64 bits per heavy atom. The molecule has 2 heterocycles. The molecule has 28 heavy (non-hydrogen) atoms. The van der Waals surface area contributed by atoms with E-state index in [0.717, 1.165) is 11.4 Å². The lowest BCUT2D eigenvalue weighted by Crippen LogP contribution is -2.43. The highest BCUT2D eigenvalue weighted by atomic mass is 16.3. The minimum absolute atomic E-state index is 0.0393. The lowest BCUT2D eigenvalue weighted by atomic mass is 10.1. The maximum Gasteiger partial charge on any atom is 0.244 e. The fourth-order valence-corrected chi connectivity index (χ4v) is 3.33. The number of carbonyl (C=O) groups is 2. The fourth-order valence-electron chi connectivity index (χ4n) is 3.33. The van der Waals surface area contributed by atoms with Crippen LogP contribution in [0.25, 0.3) is 0 Å². The normalized spacial score (nSPS) is 16.2. The van der Waals surface area contributed by atoms with Crippen LogP contribution in [0.15, 0.2) is 83.5 Å². The van der Waals surface area contributed by atoms with Crippen molar-refractivity contribution in [1.29, 1.82) is 0 Å². The van der Waals surface area contributed by atoms with E-state index in [2.05, 4.69) is 5.43 Å². The molecular formula is C22H21N3O3. The number of hydrogen-bond acceptors (Lipinski definition) is 4. The number of carbonyl (C=O) groups excluding carboxylic acids is 2. The topological polar surface area (TPSA) is 65.8 Å². The minimum atomic E-state index is -0.405. The Morgan fingerprint density at radius 1 is 1.00 bits per heavy atom. The summed E-state index contributed by atoms with van der Waals surface area (Å²) in [7, 11) is 0. The van der Waals surface area contributed by atoms with Crippen LogP contribution < -0.4 is 10.4 Å². The summed E-state index contributed by atoms with van der Waals surface area (Å²) < 4.78 is 5.32. The summed E-state index contributed by atoms with van der Waals surface area (Å²) in [5.41, 5.74) is 4.68. The van der Waals surface area contributed by atoms with Crippen LogP contribution in [-0.4, -0.2) is 23.3 Å². The number of benzene rings is 2. The van der Waals surface area contributed by atoms with Gasteiger partial charge in [0.25, 0.3) is 0 Å². The molecule has 1 aliphatic heterocycles. The maximum atomic E-state index is 12.9. The molecule has 1 aromatic heterocycles. The first-order chi connectivity index (χ1) is 13.7. The first kappa shape index (κ1) is 17.9. The van der Waals surface area contributed by atoms with Gasteiger partial charge in [0, 0.05) is 13.0 Å². The number of hydrogen-bond donors (Lipinski definition) is 1. The van der Waals surface area contributed by atoms with Crippen molar-refractivity contribution >= 4 is 23.2 Å². The fraction of sp³-hybridized carbons (Fsp3) is 0.182. The highest BCUT2D eigenvalue weighted by molar-refractivity contribution is 5.90. The molecule has 0 unspecified atom stereocenters. The second-order valence-corrected chi connectivity index (χ2v) is 6.74. The van der Waals surface area contributed by atoms with E-state index >= 15 is 0 Å². The van der Waals surface area contributed by atoms with Gasteiger partial charge in [-0.1, -0.05) is 36.4 Å². The molecule has 0 spiro atoms. The van der Waals surface area contributed by atoms with Crippen molar-refractivity contribution in [3.8, 4) is 0 Å². The number of para-hydroxylation sites is 2. The summed E-state index contributed by atoms with van der Waals surface area (Å²) in [6.07, 6.45) is 1.78. The lowest BCUT2D eigenvalue weighted by molar-refractivity contribution is -0.129. The quantitative estimate of drug-likeness (QED) is 0.670. The number of hydrazine groups is 1. The molecule has 1 N–H and O–H groups in total. The van der Waals surface area contributed by atoms with Gasteiger partial charge in [-0.05, 0) is 36.4 Å². The largest absolute Gasteiger partial charge is 0.467 e. The highest BCUT2D eigenvalue weighted by Crippen LogP contribution is 2.25. The van der Waals surface area contributed by atoms with Gasteiger partial charge < -0.3 is 9.32 Å². The van der Waals surface area contributed by atoms with Crippen LogP contribution in [0, 0.1) is 5.92 Å². The predicted octanol–water partition coefficient (Wildman–Crippen LogP) is 3.50. The summed E-state index contributed by atoms with van der Waals surface area (Å²) in [4.78, 5) is 26.9. The van der Waals surface area contributed by atoms with Crippen LogP contribution in [0.3, 0.4) is 0 Å². The van der Waals surface area contributed by atoms with Gasteiger partial charge in [0.05, 0.1) is 30.1 Å². The van der Waals surface area contributed by atoms with Crippen molar-refractivity contribution < 1.29 is 14.0 Å². The zero-order chi connectivity index (χ0) is 19.3. The average Bonchev–Trinajstić information content (AvgIpc) is 3.38. The van der Waals surface area contributed by atoms with Crippen molar-refractivity contribution in [3.63, 3.8) is 0 Å². The van der Waals surface area contributed by atoms with Gasteiger partial charge in [0.1, 0.15) is 5.76 Å². The second-order valence-electron chi connectivity index (χ2n) is 6.74. The molecule has 1 aliphatic rings. The second kappa shape index (κ2) is 8.00. The van der Waals surface area contributed by atoms with Crippen LogP contribution in [-0.2, 0) is 16.1 Å². The summed E-state index contributed by atoms with van der Waals surface area (Å²) in [5, 5.41) is 1.75. The molecule has 3 aromatic rings. The van der Waals surface area contributed by atoms with Crippen LogP contribution in [0.5, 0.6) is 0 Å². The standard InChI is InChI=1S/C22H21N3O3/c26-21-14-17(15-24(21)16-20-12-7-13-28-20)22(27)23-25(18-8-3-1-4-9-18)19-10-5-2-6-11-19/h1-13,17H,14-16H2,(H,23,27)/t17-/m0/s1. The van der Waals surface area contributed by atoms with Crippen LogP contribution >= 0.6 is 0 Å². The molecule has 2 amide bonds. The van der Waals surface area contributed by atoms with Gasteiger partial charge in [-0.2, -0.15) is 0 Å². The van der Waals surface area contributed by atoms with E-state index in [1.807, 2.05) is 66.7 Å². The summed E-state index contributed by atoms with van der Waals surface area (Å²) in [5.74, 6) is 0.0903. The SMILES string of the molecule is O=C(NN(c1ccccc1)c1ccccc1)[C@H]1CC(=O)N(Cc2ccco2)C1. The number of nitrogens with one attached hydrogen (secondary N) is 1. The maximum absolute atomic E-state index is 12.9. The zero-order valence-electron chi connectivity index (χ0n) is 15.3. The van der Waals surface area contributed by atoms with E-state index in [4.69, 9.17) is 4.42 Å².